The van der Waals surface area contributed by atoms with Gasteiger partial charge in [-0.2, -0.15) is 0 Å². The summed E-state index contributed by atoms with van der Waals surface area (Å²) in [4.78, 5) is 4.54. The molecule has 2 rings (SSSR count). The molecule has 0 spiro atoms. The summed E-state index contributed by atoms with van der Waals surface area (Å²) in [6, 6.07) is 0. The number of hydrogen-bond acceptors (Lipinski definition) is 4. The van der Waals surface area contributed by atoms with Crippen molar-refractivity contribution in [2.75, 3.05) is 26.8 Å². The first-order chi connectivity index (χ1) is 7.24. The number of aryl methyl sites for hydroxylation is 1. The van der Waals surface area contributed by atoms with Crippen LogP contribution in [0.2, 0.25) is 0 Å². The maximum absolute atomic E-state index is 5.53. The highest BCUT2D eigenvalue weighted by Crippen LogP contribution is 2.32. The van der Waals surface area contributed by atoms with Crippen LogP contribution in [0.3, 0.4) is 0 Å². The van der Waals surface area contributed by atoms with Crippen molar-refractivity contribution in [3.8, 4) is 0 Å². The number of nitrogens with one attached hydrogen (secondary N) is 1. The van der Waals surface area contributed by atoms with Crippen LogP contribution in [-0.2, 0) is 11.2 Å². The lowest BCUT2D eigenvalue weighted by molar-refractivity contribution is 0.150. The molecule has 0 aromatic carbocycles. The fraction of sp³-hybridized carbons (Fsp3) is 0.727. The van der Waals surface area contributed by atoms with Gasteiger partial charge < -0.3 is 10.1 Å². The summed E-state index contributed by atoms with van der Waals surface area (Å²) in [7, 11) is 2.01. The molecular formula is C11H18N2OS. The Bertz CT molecular complexity index is 318. The number of hydrogen-bond donors (Lipinski definition) is 1. The second-order valence-corrected chi connectivity index (χ2v) is 5.43. The first-order valence-electron chi connectivity index (χ1n) is 5.37. The predicted octanol–water partition coefficient (Wildman–Crippen LogP) is 1.62. The molecule has 84 valence electrons. The standard InChI is InChI=1S/C11H18N2OS/c1-9-13-10(6-15-9)5-11(7-12-2)3-4-14-8-11/h6,12H,3-5,7-8H2,1-2H3. The molecule has 3 nitrogen and oxygen atoms in total. The summed E-state index contributed by atoms with van der Waals surface area (Å²) in [6.07, 6.45) is 2.18. The summed E-state index contributed by atoms with van der Waals surface area (Å²) in [6.45, 7) is 4.84. The Morgan fingerprint density at radius 3 is 3.07 bits per heavy atom. The SMILES string of the molecule is CNCC1(Cc2csc(C)n2)CCOC1. The molecule has 1 N–H and O–H groups in total. The maximum Gasteiger partial charge on any atom is 0.0897 e. The molecule has 1 saturated heterocycles. The Kier molecular flexibility index (Phi) is 3.38. The van der Waals surface area contributed by atoms with Gasteiger partial charge in [0.2, 0.25) is 0 Å². The van der Waals surface area contributed by atoms with Gasteiger partial charge in [-0.3, -0.25) is 0 Å². The average molecular weight is 226 g/mol. The van der Waals surface area contributed by atoms with Gasteiger partial charge in [-0.25, -0.2) is 4.98 Å². The molecule has 1 atom stereocenters. The van der Waals surface area contributed by atoms with E-state index >= 15 is 0 Å². The second-order valence-electron chi connectivity index (χ2n) is 4.37. The average Bonchev–Trinajstić information content (AvgIpc) is 2.78. The highest BCUT2D eigenvalue weighted by atomic mass is 32.1. The number of nitrogens with zero attached hydrogens (tertiary/aromatic N) is 1. The van der Waals surface area contributed by atoms with Crippen LogP contribution in [0.15, 0.2) is 5.38 Å². The van der Waals surface area contributed by atoms with Crippen LogP contribution in [-0.4, -0.2) is 31.8 Å². The van der Waals surface area contributed by atoms with Crippen LogP contribution < -0.4 is 5.32 Å². The molecular weight excluding hydrogens is 208 g/mol. The summed E-state index contributed by atoms with van der Waals surface area (Å²) in [5, 5.41) is 6.60. The lowest BCUT2D eigenvalue weighted by Gasteiger charge is -2.26. The van der Waals surface area contributed by atoms with Gasteiger partial charge in [0.15, 0.2) is 0 Å². The van der Waals surface area contributed by atoms with E-state index in [4.69, 9.17) is 4.74 Å². The maximum atomic E-state index is 5.53. The molecule has 0 amide bonds. The smallest absolute Gasteiger partial charge is 0.0897 e. The van der Waals surface area contributed by atoms with E-state index in [2.05, 4.69) is 22.6 Å². The number of rotatable bonds is 4. The highest BCUT2D eigenvalue weighted by molar-refractivity contribution is 7.09. The Morgan fingerprint density at radius 1 is 1.67 bits per heavy atom. The van der Waals surface area contributed by atoms with E-state index in [1.54, 1.807) is 11.3 Å². The molecule has 1 aromatic heterocycles. The van der Waals surface area contributed by atoms with E-state index < -0.39 is 0 Å². The molecule has 4 heteroatoms. The zero-order valence-electron chi connectivity index (χ0n) is 9.38. The zero-order chi connectivity index (χ0) is 10.7. The van der Waals surface area contributed by atoms with Crippen LogP contribution in [0.5, 0.6) is 0 Å². The Balaban J connectivity index is 2.06. The lowest BCUT2D eigenvalue weighted by Crippen LogP contribution is -2.35. The van der Waals surface area contributed by atoms with Crippen molar-refractivity contribution >= 4 is 11.3 Å². The van der Waals surface area contributed by atoms with Crippen molar-refractivity contribution in [2.45, 2.75) is 19.8 Å². The highest BCUT2D eigenvalue weighted by Gasteiger charge is 2.35. The number of thiazole rings is 1. The van der Waals surface area contributed by atoms with Crippen molar-refractivity contribution in [1.82, 2.24) is 10.3 Å². The molecule has 1 unspecified atom stereocenters. The third-order valence-electron chi connectivity index (χ3n) is 2.96. The number of ether oxygens (including phenoxy) is 1. The third-order valence-corrected chi connectivity index (χ3v) is 3.78. The van der Waals surface area contributed by atoms with Crippen molar-refractivity contribution in [3.05, 3.63) is 16.1 Å². The van der Waals surface area contributed by atoms with Crippen LogP contribution in [0.4, 0.5) is 0 Å². The monoisotopic (exact) mass is 226 g/mol. The molecule has 2 heterocycles. The lowest BCUT2D eigenvalue weighted by atomic mass is 9.82. The van der Waals surface area contributed by atoms with Gasteiger partial charge in [0, 0.05) is 23.9 Å². The van der Waals surface area contributed by atoms with E-state index in [-0.39, 0.29) is 5.41 Å². The van der Waals surface area contributed by atoms with E-state index in [0.29, 0.717) is 0 Å². The Labute approximate surface area is 94.9 Å². The van der Waals surface area contributed by atoms with Gasteiger partial charge in [0.25, 0.3) is 0 Å². The van der Waals surface area contributed by atoms with Crippen LogP contribution >= 0.6 is 11.3 Å². The molecule has 1 aromatic rings. The number of aromatic nitrogens is 1. The summed E-state index contributed by atoms with van der Waals surface area (Å²) >= 11 is 1.73. The van der Waals surface area contributed by atoms with Gasteiger partial charge in [-0.1, -0.05) is 0 Å². The van der Waals surface area contributed by atoms with Crippen LogP contribution in [0, 0.1) is 12.3 Å². The van der Waals surface area contributed by atoms with Crippen molar-refractivity contribution < 1.29 is 4.74 Å². The van der Waals surface area contributed by atoms with Crippen molar-refractivity contribution in [1.29, 1.82) is 0 Å². The molecule has 1 aliphatic heterocycles. The second kappa shape index (κ2) is 4.60. The summed E-state index contributed by atoms with van der Waals surface area (Å²) < 4.78 is 5.53. The summed E-state index contributed by atoms with van der Waals surface area (Å²) in [5.74, 6) is 0. The largest absolute Gasteiger partial charge is 0.381 e. The Hall–Kier alpha value is -0.450. The first-order valence-corrected chi connectivity index (χ1v) is 6.25. The van der Waals surface area contributed by atoms with E-state index in [0.717, 1.165) is 37.6 Å². The third kappa shape index (κ3) is 2.56. The fourth-order valence-electron chi connectivity index (χ4n) is 2.24. The van der Waals surface area contributed by atoms with Crippen LogP contribution in [0.1, 0.15) is 17.1 Å². The fourth-order valence-corrected chi connectivity index (χ4v) is 2.85. The van der Waals surface area contributed by atoms with E-state index in [1.807, 2.05) is 7.05 Å². The molecule has 0 aliphatic carbocycles. The van der Waals surface area contributed by atoms with Crippen molar-refractivity contribution in [2.24, 2.45) is 5.41 Å². The normalized spacial score (nSPS) is 26.0. The van der Waals surface area contributed by atoms with Gasteiger partial charge in [-0.05, 0) is 26.8 Å². The quantitative estimate of drug-likeness (QED) is 0.847. The Morgan fingerprint density at radius 2 is 2.53 bits per heavy atom. The van der Waals surface area contributed by atoms with Gasteiger partial charge in [-0.15, -0.1) is 11.3 Å². The molecule has 0 radical (unpaired) electrons. The van der Waals surface area contributed by atoms with Gasteiger partial charge in [0.05, 0.1) is 17.3 Å². The van der Waals surface area contributed by atoms with Crippen molar-refractivity contribution in [3.63, 3.8) is 0 Å². The topological polar surface area (TPSA) is 34.2 Å². The zero-order valence-corrected chi connectivity index (χ0v) is 10.2. The van der Waals surface area contributed by atoms with Gasteiger partial charge >= 0.3 is 0 Å². The molecule has 15 heavy (non-hydrogen) atoms. The first kappa shape index (κ1) is 11.0. The predicted molar refractivity (Wildman–Crippen MR) is 62.4 cm³/mol. The molecule has 0 bridgehead atoms. The molecule has 1 fully saturated rings. The molecule has 0 saturated carbocycles. The minimum Gasteiger partial charge on any atom is -0.381 e. The summed E-state index contributed by atoms with van der Waals surface area (Å²) in [5.41, 5.74) is 1.49. The minimum atomic E-state index is 0.273. The van der Waals surface area contributed by atoms with Gasteiger partial charge in [0.1, 0.15) is 0 Å². The van der Waals surface area contributed by atoms with E-state index in [1.165, 1.54) is 5.69 Å². The van der Waals surface area contributed by atoms with E-state index in [9.17, 15) is 0 Å². The molecule has 1 aliphatic rings. The van der Waals surface area contributed by atoms with Crippen LogP contribution in [0.25, 0.3) is 0 Å². The minimum absolute atomic E-state index is 0.273.